The molecule has 8 heavy (non-hydrogen) atoms. The predicted octanol–water partition coefficient (Wildman–Crippen LogP) is 2.15. The molecule has 0 saturated heterocycles. The third-order valence-electron chi connectivity index (χ3n) is 0.814. The van der Waals surface area contributed by atoms with Crippen molar-refractivity contribution in [2.24, 2.45) is 0 Å². The molecule has 0 saturated carbocycles. The van der Waals surface area contributed by atoms with E-state index in [-0.39, 0.29) is 0 Å². The van der Waals surface area contributed by atoms with Crippen LogP contribution >= 0.6 is 9.47 Å². The van der Waals surface area contributed by atoms with E-state index in [9.17, 15) is 0 Å². The van der Waals surface area contributed by atoms with Crippen molar-refractivity contribution in [2.45, 2.75) is 19.8 Å². The Bertz CT molecular complexity index is 53.5. The largest absolute Gasteiger partial charge is 0.362 e. The highest BCUT2D eigenvalue weighted by Crippen LogP contribution is 1.90. The third-order valence-corrected chi connectivity index (χ3v) is 1.01. The summed E-state index contributed by atoms with van der Waals surface area (Å²) >= 11 is 0. The monoisotopic (exact) mass is 132 g/mol. The van der Waals surface area contributed by atoms with Crippen molar-refractivity contribution in [1.29, 1.82) is 0 Å². The van der Waals surface area contributed by atoms with Crippen molar-refractivity contribution in [1.82, 2.24) is 0 Å². The number of allylic oxidation sites excluding steroid dienone is 1. The number of rotatable bonds is 4. The highest BCUT2D eigenvalue weighted by atomic mass is 31.0. The van der Waals surface area contributed by atoms with Gasteiger partial charge < -0.3 is 4.52 Å². The van der Waals surface area contributed by atoms with Crippen LogP contribution in [0.25, 0.3) is 0 Å². The molecule has 1 atom stereocenters. The minimum absolute atomic E-state index is 0.713. The van der Waals surface area contributed by atoms with E-state index in [0.29, 0.717) is 6.61 Å². The highest BCUT2D eigenvalue weighted by Gasteiger charge is 1.71. The first-order valence-electron chi connectivity index (χ1n) is 2.88. The lowest BCUT2D eigenvalue weighted by molar-refractivity contribution is 0.426. The fourth-order valence-corrected chi connectivity index (χ4v) is 0.519. The molecule has 0 aliphatic heterocycles. The fourth-order valence-electron chi connectivity index (χ4n) is 0.408. The first-order valence-corrected chi connectivity index (χ1v) is 3.35. The second-order valence-corrected chi connectivity index (χ2v) is 1.93. The Morgan fingerprint density at radius 1 is 1.50 bits per heavy atom. The Morgan fingerprint density at radius 3 is 2.75 bits per heavy atom. The molecule has 0 fully saturated rings. The maximum Gasteiger partial charge on any atom is 0.0683 e. The summed E-state index contributed by atoms with van der Waals surface area (Å²) < 4.78 is 4.72. The molecule has 0 aliphatic rings. The summed E-state index contributed by atoms with van der Waals surface area (Å²) in [5, 5.41) is 0. The van der Waals surface area contributed by atoms with Crippen LogP contribution in [-0.2, 0) is 4.52 Å². The van der Waals surface area contributed by atoms with Crippen LogP contribution in [0, 0.1) is 0 Å². The first-order chi connectivity index (χ1) is 3.91. The zero-order chi connectivity index (χ0) is 6.24. The summed E-state index contributed by atoms with van der Waals surface area (Å²) in [4.78, 5) is 0. The second kappa shape index (κ2) is 7.13. The molecule has 0 aromatic heterocycles. The van der Waals surface area contributed by atoms with Gasteiger partial charge in [0.15, 0.2) is 0 Å². The van der Waals surface area contributed by atoms with Gasteiger partial charge in [0.05, 0.1) is 6.61 Å². The second-order valence-electron chi connectivity index (χ2n) is 1.59. The molecule has 0 aromatic rings. The Balaban J connectivity index is 2.83. The molecule has 1 unspecified atom stereocenters. The molecule has 1 nitrogen and oxygen atoms in total. The normalized spacial score (nSPS) is 10.8. The van der Waals surface area contributed by atoms with Gasteiger partial charge in [0.2, 0.25) is 0 Å². The topological polar surface area (TPSA) is 9.23 Å². The van der Waals surface area contributed by atoms with E-state index in [1.54, 1.807) is 0 Å². The van der Waals surface area contributed by atoms with Crippen LogP contribution in [0.5, 0.6) is 0 Å². The van der Waals surface area contributed by atoms with E-state index in [1.807, 2.05) is 6.08 Å². The Hall–Kier alpha value is 0.130. The van der Waals surface area contributed by atoms with Crippen LogP contribution in [-0.4, -0.2) is 6.61 Å². The minimum Gasteiger partial charge on any atom is -0.362 e. The molecule has 48 valence electrons. The van der Waals surface area contributed by atoms with Gasteiger partial charge in [-0.2, -0.15) is 0 Å². The van der Waals surface area contributed by atoms with Crippen molar-refractivity contribution >= 4 is 9.47 Å². The molecule has 0 radical (unpaired) electrons. The van der Waals surface area contributed by atoms with Crippen LogP contribution in [0.4, 0.5) is 0 Å². The van der Waals surface area contributed by atoms with E-state index < -0.39 is 0 Å². The lowest BCUT2D eigenvalue weighted by Crippen LogP contribution is -1.72. The molecule has 0 bridgehead atoms. The summed E-state index contributed by atoms with van der Waals surface area (Å²) in [6, 6.07) is 0. The third kappa shape index (κ3) is 6.13. The maximum absolute atomic E-state index is 4.72. The molecule has 2 heteroatoms. The first kappa shape index (κ1) is 8.13. The van der Waals surface area contributed by atoms with Crippen molar-refractivity contribution in [3.8, 4) is 0 Å². The SMILES string of the molecule is CCC/C=C\COP. The Labute approximate surface area is 53.4 Å². The summed E-state index contributed by atoms with van der Waals surface area (Å²) in [5.41, 5.74) is 0. The molecule has 0 aliphatic carbocycles. The quantitative estimate of drug-likeness (QED) is 0.420. The van der Waals surface area contributed by atoms with E-state index in [1.165, 1.54) is 6.42 Å². The van der Waals surface area contributed by atoms with Gasteiger partial charge in [0.25, 0.3) is 0 Å². The van der Waals surface area contributed by atoms with Crippen molar-refractivity contribution in [3.63, 3.8) is 0 Å². The van der Waals surface area contributed by atoms with E-state index in [4.69, 9.17) is 4.52 Å². The van der Waals surface area contributed by atoms with Crippen molar-refractivity contribution in [2.75, 3.05) is 6.61 Å². The summed E-state index contributed by atoms with van der Waals surface area (Å²) in [5.74, 6) is 0. The van der Waals surface area contributed by atoms with Gasteiger partial charge in [-0.1, -0.05) is 25.5 Å². The Morgan fingerprint density at radius 2 is 2.25 bits per heavy atom. The summed E-state index contributed by atoms with van der Waals surface area (Å²) in [6.07, 6.45) is 6.53. The van der Waals surface area contributed by atoms with Crippen LogP contribution in [0.2, 0.25) is 0 Å². The van der Waals surface area contributed by atoms with E-state index in [0.717, 1.165) is 6.42 Å². The molecular weight excluding hydrogens is 119 g/mol. The average molecular weight is 132 g/mol. The number of hydrogen-bond acceptors (Lipinski definition) is 1. The average Bonchev–Trinajstić information content (AvgIpc) is 1.81. The zero-order valence-electron chi connectivity index (χ0n) is 5.26. The summed E-state index contributed by atoms with van der Waals surface area (Å²) in [7, 11) is 2.21. The van der Waals surface area contributed by atoms with Gasteiger partial charge in [0.1, 0.15) is 0 Å². The predicted molar refractivity (Wildman–Crippen MR) is 39.7 cm³/mol. The minimum atomic E-state index is 0.713. The molecule has 0 rings (SSSR count). The van der Waals surface area contributed by atoms with Crippen LogP contribution in [0.1, 0.15) is 19.8 Å². The number of unbranched alkanes of at least 4 members (excludes halogenated alkanes) is 1. The molecule has 0 heterocycles. The van der Waals surface area contributed by atoms with Crippen LogP contribution in [0.15, 0.2) is 12.2 Å². The van der Waals surface area contributed by atoms with Gasteiger partial charge in [-0.25, -0.2) is 0 Å². The highest BCUT2D eigenvalue weighted by molar-refractivity contribution is 7.09. The Kier molecular flexibility index (Phi) is 7.25. The van der Waals surface area contributed by atoms with Gasteiger partial charge in [-0.05, 0) is 6.42 Å². The van der Waals surface area contributed by atoms with Gasteiger partial charge in [-0.15, -0.1) is 0 Å². The van der Waals surface area contributed by atoms with E-state index in [2.05, 4.69) is 22.5 Å². The molecule has 0 N–H and O–H groups in total. The van der Waals surface area contributed by atoms with E-state index >= 15 is 0 Å². The van der Waals surface area contributed by atoms with Crippen molar-refractivity contribution in [3.05, 3.63) is 12.2 Å². The molecule has 0 amide bonds. The lowest BCUT2D eigenvalue weighted by atomic mass is 10.3. The number of hydrogen-bond donors (Lipinski definition) is 0. The molecule has 0 aromatic carbocycles. The molecule has 0 spiro atoms. The standard InChI is InChI=1S/C6H13OP/c1-2-3-4-5-6-7-8/h4-5H,2-3,6,8H2,1H3/b5-4-. The summed E-state index contributed by atoms with van der Waals surface area (Å²) in [6.45, 7) is 2.87. The van der Waals surface area contributed by atoms with Crippen LogP contribution < -0.4 is 0 Å². The van der Waals surface area contributed by atoms with Crippen molar-refractivity contribution < 1.29 is 4.52 Å². The van der Waals surface area contributed by atoms with Gasteiger partial charge in [0, 0.05) is 9.47 Å². The smallest absolute Gasteiger partial charge is 0.0683 e. The van der Waals surface area contributed by atoms with Crippen LogP contribution in [0.3, 0.4) is 0 Å². The zero-order valence-corrected chi connectivity index (χ0v) is 6.42. The molecular formula is C6H13OP. The fraction of sp³-hybridized carbons (Fsp3) is 0.667. The van der Waals surface area contributed by atoms with Gasteiger partial charge >= 0.3 is 0 Å². The lowest BCUT2D eigenvalue weighted by Gasteiger charge is -1.85. The van der Waals surface area contributed by atoms with Gasteiger partial charge in [-0.3, -0.25) is 0 Å². The maximum atomic E-state index is 4.72.